The molecule has 1 rings (SSSR count). The second-order valence-corrected chi connectivity index (χ2v) is 4.71. The van der Waals surface area contributed by atoms with Crippen molar-refractivity contribution in [1.29, 1.82) is 0 Å². The van der Waals surface area contributed by atoms with Crippen molar-refractivity contribution in [3.05, 3.63) is 30.3 Å². The van der Waals surface area contributed by atoms with Crippen LogP contribution in [0, 0.1) is 0 Å². The van der Waals surface area contributed by atoms with Gasteiger partial charge in [0.2, 0.25) is 0 Å². The summed E-state index contributed by atoms with van der Waals surface area (Å²) in [6, 6.07) is 9.14. The fourth-order valence-electron chi connectivity index (χ4n) is 1.17. The minimum atomic E-state index is -0.885. The van der Waals surface area contributed by atoms with Crippen molar-refractivity contribution in [1.82, 2.24) is 5.09 Å². The highest BCUT2D eigenvalue weighted by atomic mass is 31.2. The molecule has 1 unspecified atom stereocenters. The first-order valence-electron chi connectivity index (χ1n) is 4.94. The van der Waals surface area contributed by atoms with Crippen molar-refractivity contribution in [3.63, 3.8) is 0 Å². The van der Waals surface area contributed by atoms with E-state index in [-0.39, 0.29) is 12.0 Å². The average Bonchev–Trinajstić information content (AvgIpc) is 2.29. The quantitative estimate of drug-likeness (QED) is 0.634. The van der Waals surface area contributed by atoms with E-state index in [4.69, 9.17) is 4.52 Å². The van der Waals surface area contributed by atoms with E-state index < -0.39 is 8.30 Å². The molecule has 0 bridgehead atoms. The van der Waals surface area contributed by atoms with E-state index in [2.05, 4.69) is 9.82 Å². The van der Waals surface area contributed by atoms with Gasteiger partial charge in [0.05, 0.1) is 7.11 Å². The molecule has 0 spiro atoms. The number of nitrogens with one attached hydrogen (secondary N) is 1. The van der Waals surface area contributed by atoms with Crippen LogP contribution >= 0.6 is 8.30 Å². The summed E-state index contributed by atoms with van der Waals surface area (Å²) in [5.41, 5.74) is 0. The van der Waals surface area contributed by atoms with Gasteiger partial charge in [0.1, 0.15) is 11.8 Å². The Morgan fingerprint density at radius 1 is 1.38 bits per heavy atom. The summed E-state index contributed by atoms with van der Waals surface area (Å²) in [5.74, 6) is 0.506. The van der Waals surface area contributed by atoms with Crippen LogP contribution < -0.4 is 9.61 Å². The summed E-state index contributed by atoms with van der Waals surface area (Å²) in [7, 11) is 0.486. The van der Waals surface area contributed by atoms with Gasteiger partial charge in [-0.25, -0.2) is 0 Å². The molecule has 16 heavy (non-hydrogen) atoms. The van der Waals surface area contributed by atoms with Crippen LogP contribution in [0.4, 0.5) is 0 Å². The van der Waals surface area contributed by atoms with Gasteiger partial charge in [-0.1, -0.05) is 18.2 Å². The second-order valence-electron chi connectivity index (χ2n) is 3.28. The summed E-state index contributed by atoms with van der Waals surface area (Å²) >= 11 is 0. The summed E-state index contributed by atoms with van der Waals surface area (Å²) in [4.78, 5) is 11.2. The predicted octanol–water partition coefficient (Wildman–Crippen LogP) is 2.16. The van der Waals surface area contributed by atoms with E-state index in [0.717, 1.165) is 5.75 Å². The topological polar surface area (TPSA) is 47.6 Å². The fourth-order valence-corrected chi connectivity index (χ4v) is 2.31. The number of benzene rings is 1. The fraction of sp³-hybridized carbons (Fsp3) is 0.364. The highest BCUT2D eigenvalue weighted by molar-refractivity contribution is 7.49. The number of para-hydroxylation sites is 1. The van der Waals surface area contributed by atoms with Crippen LogP contribution in [0.3, 0.4) is 0 Å². The van der Waals surface area contributed by atoms with Crippen LogP contribution in [0.2, 0.25) is 0 Å². The van der Waals surface area contributed by atoms with Gasteiger partial charge in [0, 0.05) is 6.66 Å². The first-order valence-corrected chi connectivity index (χ1v) is 6.65. The zero-order valence-electron chi connectivity index (χ0n) is 9.64. The zero-order valence-corrected chi connectivity index (χ0v) is 10.5. The first kappa shape index (κ1) is 12.9. The molecule has 0 aliphatic rings. The Kier molecular flexibility index (Phi) is 5.23. The molecule has 0 aliphatic carbocycles. The molecule has 0 heterocycles. The summed E-state index contributed by atoms with van der Waals surface area (Å²) < 4.78 is 10.2. The van der Waals surface area contributed by atoms with Crippen molar-refractivity contribution < 1.29 is 14.1 Å². The molecule has 0 fully saturated rings. The Morgan fingerprint density at radius 2 is 2.00 bits per heavy atom. The third-order valence-corrected chi connectivity index (χ3v) is 3.15. The number of ether oxygens (including phenoxy) is 1. The summed E-state index contributed by atoms with van der Waals surface area (Å²) in [6.07, 6.45) is 0. The van der Waals surface area contributed by atoms with Crippen LogP contribution in [-0.2, 0) is 9.53 Å². The van der Waals surface area contributed by atoms with E-state index in [1.165, 1.54) is 7.11 Å². The van der Waals surface area contributed by atoms with Crippen molar-refractivity contribution >= 4 is 14.3 Å². The Balaban J connectivity index is 2.42. The Labute approximate surface area is 96.8 Å². The van der Waals surface area contributed by atoms with Gasteiger partial charge in [0.25, 0.3) is 0 Å². The normalized spacial score (nSPS) is 13.9. The number of methoxy groups -OCH3 is 1. The van der Waals surface area contributed by atoms with Gasteiger partial charge in [-0.3, -0.25) is 9.88 Å². The lowest BCUT2D eigenvalue weighted by atomic mass is 10.3. The number of esters is 1. The highest BCUT2D eigenvalue weighted by Crippen LogP contribution is 2.30. The van der Waals surface area contributed by atoms with Crippen LogP contribution in [0.25, 0.3) is 0 Å². The summed E-state index contributed by atoms with van der Waals surface area (Å²) in [5, 5.41) is 3.05. The van der Waals surface area contributed by atoms with Crippen LogP contribution in [0.5, 0.6) is 5.75 Å². The molecule has 5 heteroatoms. The molecule has 1 aromatic carbocycles. The van der Waals surface area contributed by atoms with Crippen molar-refractivity contribution in [2.75, 3.05) is 13.8 Å². The zero-order chi connectivity index (χ0) is 12.0. The molecule has 2 atom stereocenters. The maximum Gasteiger partial charge on any atom is 0.322 e. The maximum atomic E-state index is 11.2. The third-order valence-electron chi connectivity index (χ3n) is 1.92. The van der Waals surface area contributed by atoms with Crippen molar-refractivity contribution in [2.45, 2.75) is 13.0 Å². The molecule has 1 N–H and O–H groups in total. The Bertz CT molecular complexity index is 331. The summed E-state index contributed by atoms with van der Waals surface area (Å²) in [6.45, 7) is 3.65. The van der Waals surface area contributed by atoms with E-state index in [1.54, 1.807) is 6.92 Å². The molecule has 88 valence electrons. The largest absolute Gasteiger partial charge is 0.468 e. The monoisotopic (exact) mass is 241 g/mol. The van der Waals surface area contributed by atoms with Gasteiger partial charge < -0.3 is 9.26 Å². The molecule has 0 amide bonds. The number of carbonyl (C=O) groups excluding carboxylic acids is 1. The molecule has 1 aromatic rings. The van der Waals surface area contributed by atoms with E-state index in [1.807, 2.05) is 37.0 Å². The number of carbonyl (C=O) groups is 1. The van der Waals surface area contributed by atoms with E-state index >= 15 is 0 Å². The molecule has 4 nitrogen and oxygen atoms in total. The number of hydrogen-bond acceptors (Lipinski definition) is 4. The lowest BCUT2D eigenvalue weighted by Gasteiger charge is -2.18. The molecular weight excluding hydrogens is 225 g/mol. The van der Waals surface area contributed by atoms with Gasteiger partial charge in [-0.05, 0) is 19.1 Å². The van der Waals surface area contributed by atoms with Crippen molar-refractivity contribution in [3.8, 4) is 5.75 Å². The Hall–Kier alpha value is -1.12. The smallest absolute Gasteiger partial charge is 0.322 e. The van der Waals surface area contributed by atoms with Crippen LogP contribution in [-0.4, -0.2) is 25.8 Å². The number of hydrogen-bond donors (Lipinski definition) is 1. The molecular formula is C11H16NO3P. The maximum absolute atomic E-state index is 11.2. The van der Waals surface area contributed by atoms with Gasteiger partial charge in [-0.15, -0.1) is 0 Å². The van der Waals surface area contributed by atoms with E-state index in [9.17, 15) is 4.79 Å². The van der Waals surface area contributed by atoms with Crippen molar-refractivity contribution in [2.24, 2.45) is 0 Å². The van der Waals surface area contributed by atoms with Gasteiger partial charge >= 0.3 is 5.97 Å². The first-order chi connectivity index (χ1) is 7.63. The number of rotatable bonds is 5. The minimum absolute atomic E-state index is 0.286. The third kappa shape index (κ3) is 4.17. The van der Waals surface area contributed by atoms with Gasteiger partial charge in [0.15, 0.2) is 8.30 Å². The molecule has 0 aromatic heterocycles. The molecule has 0 radical (unpaired) electrons. The second kappa shape index (κ2) is 6.46. The molecule has 0 aliphatic heterocycles. The average molecular weight is 241 g/mol. The standard InChI is InChI=1S/C11H16NO3P/c1-9(11(13)14-2)12-16(3)15-10-7-5-4-6-8-10/h4-9,12H,1-3H3/t9-,16?/m1/s1. The highest BCUT2D eigenvalue weighted by Gasteiger charge is 2.16. The van der Waals surface area contributed by atoms with E-state index in [0.29, 0.717) is 0 Å². The Morgan fingerprint density at radius 3 is 2.56 bits per heavy atom. The minimum Gasteiger partial charge on any atom is -0.468 e. The molecule has 0 saturated heterocycles. The van der Waals surface area contributed by atoms with Gasteiger partial charge in [-0.2, -0.15) is 0 Å². The predicted molar refractivity (Wildman–Crippen MR) is 64.5 cm³/mol. The molecule has 0 saturated carbocycles. The lowest BCUT2D eigenvalue weighted by molar-refractivity contribution is -0.142. The van der Waals surface area contributed by atoms with Crippen LogP contribution in [0.1, 0.15) is 6.92 Å². The SMILES string of the molecule is COC(=O)[C@@H](C)NP(C)Oc1ccccc1. The lowest BCUT2D eigenvalue weighted by Crippen LogP contribution is -2.32. The van der Waals surface area contributed by atoms with Crippen LogP contribution in [0.15, 0.2) is 30.3 Å².